The van der Waals surface area contributed by atoms with Crippen molar-refractivity contribution in [1.82, 2.24) is 0 Å². The maximum absolute atomic E-state index is 11.4. The summed E-state index contributed by atoms with van der Waals surface area (Å²) in [4.78, 5) is 0. The van der Waals surface area contributed by atoms with Gasteiger partial charge in [0.25, 0.3) is 0 Å². The van der Waals surface area contributed by atoms with Crippen molar-refractivity contribution < 1.29 is 5.11 Å². The first-order chi connectivity index (χ1) is 8.77. The fraction of sp³-hybridized carbons (Fsp3) is 0.667. The van der Waals surface area contributed by atoms with Crippen molar-refractivity contribution in [3.8, 4) is 0 Å². The van der Waals surface area contributed by atoms with E-state index in [-0.39, 0.29) is 5.41 Å². The van der Waals surface area contributed by atoms with Crippen molar-refractivity contribution in [3.05, 3.63) is 35.4 Å². The number of rotatable bonds is 2. The third kappa shape index (κ3) is 2.58. The van der Waals surface area contributed by atoms with Crippen LogP contribution < -0.4 is 0 Å². The average Bonchev–Trinajstić information content (AvgIpc) is 2.72. The molecule has 0 heterocycles. The van der Waals surface area contributed by atoms with Gasteiger partial charge in [0, 0.05) is 0 Å². The third-order valence-corrected chi connectivity index (χ3v) is 4.72. The minimum Gasteiger partial charge on any atom is -0.385 e. The van der Waals surface area contributed by atoms with Crippen LogP contribution in [0.5, 0.6) is 0 Å². The Balaban J connectivity index is 2.50. The second-order valence-corrected chi connectivity index (χ2v) is 7.48. The van der Waals surface area contributed by atoms with Crippen molar-refractivity contribution >= 4 is 0 Å². The molecule has 2 unspecified atom stereocenters. The molecule has 0 aliphatic heterocycles. The Morgan fingerprint density at radius 1 is 1.21 bits per heavy atom. The molecule has 1 saturated carbocycles. The zero-order valence-corrected chi connectivity index (χ0v) is 13.0. The van der Waals surface area contributed by atoms with E-state index in [1.807, 2.05) is 0 Å². The summed E-state index contributed by atoms with van der Waals surface area (Å²) in [6.07, 6.45) is 3.16. The third-order valence-electron chi connectivity index (χ3n) is 4.72. The van der Waals surface area contributed by atoms with Crippen LogP contribution in [0.4, 0.5) is 0 Å². The van der Waals surface area contributed by atoms with E-state index in [0.29, 0.717) is 11.8 Å². The van der Waals surface area contributed by atoms with Crippen LogP contribution in [0.15, 0.2) is 24.3 Å². The highest BCUT2D eigenvalue weighted by Crippen LogP contribution is 2.52. The largest absolute Gasteiger partial charge is 0.385 e. The molecule has 1 fully saturated rings. The molecule has 0 aromatic heterocycles. The van der Waals surface area contributed by atoms with Gasteiger partial charge in [-0.3, -0.25) is 0 Å². The lowest BCUT2D eigenvalue weighted by Gasteiger charge is -2.40. The standard InChI is InChI=1S/C18H28O/c1-13(2)14-9-6-7-10-15(14)18(19)12-8-11-16(18)17(3,4)5/h6-7,9-10,13,16,19H,8,11-12H2,1-5H3. The normalized spacial score (nSPS) is 28.1. The first kappa shape index (κ1) is 14.6. The Morgan fingerprint density at radius 2 is 1.84 bits per heavy atom. The van der Waals surface area contributed by atoms with Gasteiger partial charge in [-0.1, -0.05) is 58.9 Å². The molecule has 1 aromatic carbocycles. The number of hydrogen-bond acceptors (Lipinski definition) is 1. The fourth-order valence-corrected chi connectivity index (χ4v) is 3.86. The molecular weight excluding hydrogens is 232 g/mol. The Morgan fingerprint density at radius 3 is 2.42 bits per heavy atom. The van der Waals surface area contributed by atoms with Crippen molar-refractivity contribution in [3.63, 3.8) is 0 Å². The maximum Gasteiger partial charge on any atom is 0.0932 e. The second kappa shape index (κ2) is 4.94. The molecule has 19 heavy (non-hydrogen) atoms. The number of benzene rings is 1. The number of aliphatic hydroxyl groups is 1. The smallest absolute Gasteiger partial charge is 0.0932 e. The van der Waals surface area contributed by atoms with E-state index in [1.54, 1.807) is 0 Å². The first-order valence-corrected chi connectivity index (χ1v) is 7.58. The van der Waals surface area contributed by atoms with E-state index >= 15 is 0 Å². The summed E-state index contributed by atoms with van der Waals surface area (Å²) in [5.74, 6) is 0.807. The molecule has 0 spiro atoms. The summed E-state index contributed by atoms with van der Waals surface area (Å²) >= 11 is 0. The topological polar surface area (TPSA) is 20.2 Å². The summed E-state index contributed by atoms with van der Waals surface area (Å²) in [6, 6.07) is 8.47. The summed E-state index contributed by atoms with van der Waals surface area (Å²) in [7, 11) is 0. The van der Waals surface area contributed by atoms with Crippen molar-refractivity contribution in [1.29, 1.82) is 0 Å². The van der Waals surface area contributed by atoms with Crippen LogP contribution in [-0.4, -0.2) is 5.11 Å². The van der Waals surface area contributed by atoms with Gasteiger partial charge in [-0.05, 0) is 47.6 Å². The molecule has 106 valence electrons. The molecule has 0 saturated heterocycles. The van der Waals surface area contributed by atoms with Gasteiger partial charge in [0.2, 0.25) is 0 Å². The Labute approximate surface area is 118 Å². The molecule has 0 radical (unpaired) electrons. The lowest BCUT2D eigenvalue weighted by atomic mass is 9.68. The molecule has 1 aromatic rings. The van der Waals surface area contributed by atoms with Gasteiger partial charge < -0.3 is 5.11 Å². The summed E-state index contributed by atoms with van der Waals surface area (Å²) in [6.45, 7) is 11.2. The van der Waals surface area contributed by atoms with Gasteiger partial charge >= 0.3 is 0 Å². The zero-order chi connectivity index (χ0) is 14.3. The Kier molecular flexibility index (Phi) is 3.79. The minimum atomic E-state index is -0.640. The number of hydrogen-bond donors (Lipinski definition) is 1. The maximum atomic E-state index is 11.4. The predicted octanol–water partition coefficient (Wildman–Crippen LogP) is 4.84. The van der Waals surface area contributed by atoms with Crippen LogP contribution in [0.3, 0.4) is 0 Å². The molecule has 1 heteroatoms. The van der Waals surface area contributed by atoms with Crippen LogP contribution in [0, 0.1) is 11.3 Å². The van der Waals surface area contributed by atoms with Gasteiger partial charge in [0.05, 0.1) is 5.60 Å². The van der Waals surface area contributed by atoms with Crippen LogP contribution in [-0.2, 0) is 5.60 Å². The Bertz CT molecular complexity index is 441. The molecular formula is C18H28O. The van der Waals surface area contributed by atoms with E-state index in [0.717, 1.165) is 19.3 Å². The highest BCUT2D eigenvalue weighted by molar-refractivity contribution is 5.36. The van der Waals surface area contributed by atoms with Gasteiger partial charge in [-0.15, -0.1) is 0 Å². The fourth-order valence-electron chi connectivity index (χ4n) is 3.86. The molecule has 2 atom stereocenters. The molecule has 1 aliphatic rings. The average molecular weight is 260 g/mol. The minimum absolute atomic E-state index is 0.148. The van der Waals surface area contributed by atoms with Gasteiger partial charge in [-0.25, -0.2) is 0 Å². The van der Waals surface area contributed by atoms with Gasteiger partial charge in [-0.2, -0.15) is 0 Å². The van der Waals surface area contributed by atoms with Gasteiger partial charge in [0.1, 0.15) is 0 Å². The van der Waals surface area contributed by atoms with E-state index in [9.17, 15) is 5.11 Å². The highest BCUT2D eigenvalue weighted by atomic mass is 16.3. The molecule has 1 N–H and O–H groups in total. The summed E-state index contributed by atoms with van der Waals surface area (Å²) in [5, 5.41) is 11.4. The summed E-state index contributed by atoms with van der Waals surface area (Å²) in [5.41, 5.74) is 1.98. The monoisotopic (exact) mass is 260 g/mol. The van der Waals surface area contributed by atoms with Crippen LogP contribution in [0.1, 0.15) is 70.9 Å². The van der Waals surface area contributed by atoms with Crippen molar-refractivity contribution in [2.24, 2.45) is 11.3 Å². The lowest BCUT2D eigenvalue weighted by molar-refractivity contribution is -0.0461. The Hall–Kier alpha value is -0.820. The molecule has 0 bridgehead atoms. The van der Waals surface area contributed by atoms with Crippen LogP contribution in [0.2, 0.25) is 0 Å². The predicted molar refractivity (Wildman–Crippen MR) is 81.2 cm³/mol. The van der Waals surface area contributed by atoms with Crippen molar-refractivity contribution in [2.75, 3.05) is 0 Å². The van der Waals surface area contributed by atoms with E-state index in [4.69, 9.17) is 0 Å². The van der Waals surface area contributed by atoms with Crippen LogP contribution in [0.25, 0.3) is 0 Å². The zero-order valence-electron chi connectivity index (χ0n) is 13.0. The first-order valence-electron chi connectivity index (χ1n) is 7.58. The SMILES string of the molecule is CC(C)c1ccccc1C1(O)CCCC1C(C)(C)C. The van der Waals surface area contributed by atoms with Crippen LogP contribution >= 0.6 is 0 Å². The molecule has 2 rings (SSSR count). The quantitative estimate of drug-likeness (QED) is 0.806. The van der Waals surface area contributed by atoms with E-state index < -0.39 is 5.60 Å². The summed E-state index contributed by atoms with van der Waals surface area (Å²) < 4.78 is 0. The molecule has 0 amide bonds. The molecule has 1 nitrogen and oxygen atoms in total. The van der Waals surface area contributed by atoms with Gasteiger partial charge in [0.15, 0.2) is 0 Å². The van der Waals surface area contributed by atoms with E-state index in [2.05, 4.69) is 58.9 Å². The van der Waals surface area contributed by atoms with Crippen molar-refractivity contribution in [2.45, 2.75) is 65.4 Å². The van der Waals surface area contributed by atoms with E-state index in [1.165, 1.54) is 11.1 Å². The lowest BCUT2D eigenvalue weighted by Crippen LogP contribution is -2.38. The molecule has 1 aliphatic carbocycles. The highest BCUT2D eigenvalue weighted by Gasteiger charge is 2.48. The second-order valence-electron chi connectivity index (χ2n) is 7.48.